The van der Waals surface area contributed by atoms with Crippen LogP contribution in [0.5, 0.6) is 0 Å². The fraction of sp³-hybridized carbons (Fsp3) is 0.467. The second kappa shape index (κ2) is 7.93. The molecule has 1 N–H and O–H groups in total. The van der Waals surface area contributed by atoms with E-state index in [0.29, 0.717) is 17.9 Å². The lowest BCUT2D eigenvalue weighted by Crippen LogP contribution is -2.32. The minimum atomic E-state index is -0.523. The Hall–Kier alpha value is -1.69. The van der Waals surface area contributed by atoms with E-state index in [-0.39, 0.29) is 12.6 Å². The Kier molecular flexibility index (Phi) is 6.55. The standard InChI is InChI=1S/C15H21NO4S/c1-15(2,3)20-14(18)16-10-11-4-6-12(7-5-11)13(17)19-8-9-21/h4-7,21H,8-10H2,1-3H3,(H,16,18). The minimum absolute atomic E-state index is 0.282. The molecule has 0 aromatic heterocycles. The van der Waals surface area contributed by atoms with Gasteiger partial charge in [0.15, 0.2) is 0 Å². The van der Waals surface area contributed by atoms with Crippen LogP contribution in [-0.4, -0.2) is 30.0 Å². The number of rotatable bonds is 5. The fourth-order valence-corrected chi connectivity index (χ4v) is 1.56. The minimum Gasteiger partial charge on any atom is -0.461 e. The largest absolute Gasteiger partial charge is 0.461 e. The van der Waals surface area contributed by atoms with E-state index in [9.17, 15) is 9.59 Å². The van der Waals surface area contributed by atoms with Crippen molar-refractivity contribution in [1.82, 2.24) is 5.32 Å². The first-order chi connectivity index (χ1) is 9.81. The number of carbonyl (C=O) groups excluding carboxylic acids is 2. The van der Waals surface area contributed by atoms with Crippen molar-refractivity contribution >= 4 is 24.7 Å². The van der Waals surface area contributed by atoms with Gasteiger partial charge in [-0.3, -0.25) is 0 Å². The second-order valence-electron chi connectivity index (χ2n) is 5.41. The number of nitrogens with one attached hydrogen (secondary N) is 1. The molecule has 0 spiro atoms. The summed E-state index contributed by atoms with van der Waals surface area (Å²) in [4.78, 5) is 23.1. The van der Waals surface area contributed by atoms with Gasteiger partial charge >= 0.3 is 12.1 Å². The fourth-order valence-electron chi connectivity index (χ4n) is 1.47. The zero-order chi connectivity index (χ0) is 15.9. The normalized spacial score (nSPS) is 10.9. The van der Waals surface area contributed by atoms with E-state index in [1.54, 1.807) is 45.0 Å². The van der Waals surface area contributed by atoms with Gasteiger partial charge in [-0.2, -0.15) is 12.6 Å². The summed E-state index contributed by atoms with van der Waals surface area (Å²) >= 11 is 3.97. The number of hydrogen-bond acceptors (Lipinski definition) is 5. The molecule has 0 fully saturated rings. The van der Waals surface area contributed by atoms with Gasteiger partial charge in [-0.25, -0.2) is 9.59 Å². The van der Waals surface area contributed by atoms with Crippen LogP contribution in [0.25, 0.3) is 0 Å². The van der Waals surface area contributed by atoms with Crippen LogP contribution < -0.4 is 5.32 Å². The predicted octanol–water partition coefficient (Wildman–Crippen LogP) is 2.80. The highest BCUT2D eigenvalue weighted by Crippen LogP contribution is 2.08. The second-order valence-corrected chi connectivity index (χ2v) is 5.86. The van der Waals surface area contributed by atoms with Gasteiger partial charge in [0.2, 0.25) is 0 Å². The molecular formula is C15H21NO4S. The van der Waals surface area contributed by atoms with Crippen molar-refractivity contribution in [2.24, 2.45) is 0 Å². The quantitative estimate of drug-likeness (QED) is 0.648. The molecular weight excluding hydrogens is 290 g/mol. The van der Waals surface area contributed by atoms with Gasteiger partial charge in [0, 0.05) is 12.3 Å². The van der Waals surface area contributed by atoms with Crippen LogP contribution in [-0.2, 0) is 16.0 Å². The third-order valence-electron chi connectivity index (χ3n) is 2.35. The molecule has 1 amide bonds. The van der Waals surface area contributed by atoms with E-state index in [1.165, 1.54) is 0 Å². The summed E-state index contributed by atoms with van der Waals surface area (Å²) in [5.41, 5.74) is 0.814. The predicted molar refractivity (Wildman–Crippen MR) is 83.7 cm³/mol. The molecule has 0 saturated heterocycles. The first-order valence-corrected chi connectivity index (χ1v) is 7.29. The lowest BCUT2D eigenvalue weighted by Gasteiger charge is -2.19. The number of hydrogen-bond donors (Lipinski definition) is 2. The Morgan fingerprint density at radius 2 is 1.81 bits per heavy atom. The average molecular weight is 311 g/mol. The number of thiol groups is 1. The third kappa shape index (κ3) is 7.04. The number of alkyl carbamates (subject to hydrolysis) is 1. The molecule has 1 rings (SSSR count). The molecule has 0 saturated carbocycles. The van der Waals surface area contributed by atoms with Crippen LogP contribution in [0.3, 0.4) is 0 Å². The van der Waals surface area contributed by atoms with Crippen molar-refractivity contribution in [3.05, 3.63) is 35.4 Å². The van der Waals surface area contributed by atoms with Gasteiger partial charge in [0.1, 0.15) is 12.2 Å². The van der Waals surface area contributed by atoms with Gasteiger partial charge in [-0.15, -0.1) is 0 Å². The lowest BCUT2D eigenvalue weighted by atomic mass is 10.1. The molecule has 6 heteroatoms. The van der Waals surface area contributed by atoms with E-state index < -0.39 is 11.7 Å². The highest BCUT2D eigenvalue weighted by Gasteiger charge is 2.15. The molecule has 0 aliphatic carbocycles. The van der Waals surface area contributed by atoms with Crippen LogP contribution in [0.15, 0.2) is 24.3 Å². The Morgan fingerprint density at radius 1 is 1.19 bits per heavy atom. The molecule has 0 radical (unpaired) electrons. The van der Waals surface area contributed by atoms with Gasteiger partial charge in [-0.05, 0) is 38.5 Å². The molecule has 1 aromatic carbocycles. The molecule has 0 atom stereocenters. The van der Waals surface area contributed by atoms with Gasteiger partial charge < -0.3 is 14.8 Å². The number of esters is 1. The van der Waals surface area contributed by atoms with E-state index in [2.05, 4.69) is 17.9 Å². The molecule has 0 aliphatic heterocycles. The van der Waals surface area contributed by atoms with E-state index in [1.807, 2.05) is 0 Å². The van der Waals surface area contributed by atoms with Crippen LogP contribution in [0.4, 0.5) is 4.79 Å². The summed E-state index contributed by atoms with van der Waals surface area (Å²) in [6, 6.07) is 6.84. The van der Waals surface area contributed by atoms with Crippen molar-refractivity contribution in [1.29, 1.82) is 0 Å². The lowest BCUT2D eigenvalue weighted by molar-refractivity contribution is 0.0514. The summed E-state index contributed by atoms with van der Waals surface area (Å²) in [6.45, 7) is 6.03. The zero-order valence-electron chi connectivity index (χ0n) is 12.5. The number of amides is 1. The number of carbonyl (C=O) groups is 2. The molecule has 116 valence electrons. The number of benzene rings is 1. The Morgan fingerprint density at radius 3 is 2.33 bits per heavy atom. The van der Waals surface area contributed by atoms with E-state index in [0.717, 1.165) is 5.56 Å². The van der Waals surface area contributed by atoms with Crippen molar-refractivity contribution in [2.75, 3.05) is 12.4 Å². The smallest absolute Gasteiger partial charge is 0.407 e. The monoisotopic (exact) mass is 311 g/mol. The van der Waals surface area contributed by atoms with Gasteiger partial charge in [-0.1, -0.05) is 12.1 Å². The Labute approximate surface area is 130 Å². The number of ether oxygens (including phenoxy) is 2. The van der Waals surface area contributed by atoms with Crippen molar-refractivity contribution in [3.63, 3.8) is 0 Å². The highest BCUT2D eigenvalue weighted by atomic mass is 32.1. The SMILES string of the molecule is CC(C)(C)OC(=O)NCc1ccc(C(=O)OCCS)cc1. The van der Waals surface area contributed by atoms with Crippen LogP contribution in [0.1, 0.15) is 36.7 Å². The molecule has 1 aromatic rings. The van der Waals surface area contributed by atoms with Crippen LogP contribution in [0.2, 0.25) is 0 Å². The Bertz CT molecular complexity index is 479. The molecule has 21 heavy (non-hydrogen) atoms. The highest BCUT2D eigenvalue weighted by molar-refractivity contribution is 7.80. The third-order valence-corrected chi connectivity index (χ3v) is 2.53. The first kappa shape index (κ1) is 17.4. The van der Waals surface area contributed by atoms with Crippen molar-refractivity contribution in [3.8, 4) is 0 Å². The Balaban J connectivity index is 2.48. The molecule has 0 unspecified atom stereocenters. The maximum absolute atomic E-state index is 11.6. The van der Waals surface area contributed by atoms with Gasteiger partial charge in [0.05, 0.1) is 5.56 Å². The van der Waals surface area contributed by atoms with E-state index >= 15 is 0 Å². The maximum Gasteiger partial charge on any atom is 0.407 e. The van der Waals surface area contributed by atoms with Crippen LogP contribution in [0, 0.1) is 0 Å². The molecule has 0 heterocycles. The summed E-state index contributed by atoms with van der Waals surface area (Å²) < 4.78 is 10.1. The zero-order valence-corrected chi connectivity index (χ0v) is 13.4. The molecule has 0 aliphatic rings. The van der Waals surface area contributed by atoms with Crippen molar-refractivity contribution in [2.45, 2.75) is 32.9 Å². The molecule has 5 nitrogen and oxygen atoms in total. The first-order valence-electron chi connectivity index (χ1n) is 6.65. The summed E-state index contributed by atoms with van der Waals surface area (Å²) in [6.07, 6.45) is -0.472. The van der Waals surface area contributed by atoms with E-state index in [4.69, 9.17) is 9.47 Å². The summed E-state index contributed by atoms with van der Waals surface area (Å²) in [7, 11) is 0. The van der Waals surface area contributed by atoms with Crippen LogP contribution >= 0.6 is 12.6 Å². The summed E-state index contributed by atoms with van der Waals surface area (Å²) in [5, 5.41) is 2.65. The maximum atomic E-state index is 11.6. The van der Waals surface area contributed by atoms with Crippen molar-refractivity contribution < 1.29 is 19.1 Å². The summed E-state index contributed by atoms with van der Waals surface area (Å²) in [5.74, 6) is 0.111. The molecule has 0 bridgehead atoms. The average Bonchev–Trinajstić information content (AvgIpc) is 2.41. The van der Waals surface area contributed by atoms with Gasteiger partial charge in [0.25, 0.3) is 0 Å². The topological polar surface area (TPSA) is 64.6 Å².